The molecule has 9 heteroatoms. The molecule has 0 radical (unpaired) electrons. The highest BCUT2D eigenvalue weighted by Gasteiger charge is 2.26. The van der Waals surface area contributed by atoms with E-state index in [2.05, 4.69) is 12.2 Å². The number of carbonyl (C=O) groups is 1. The van der Waals surface area contributed by atoms with Gasteiger partial charge < -0.3 is 14.8 Å². The van der Waals surface area contributed by atoms with E-state index in [4.69, 9.17) is 14.5 Å². The van der Waals surface area contributed by atoms with Crippen molar-refractivity contribution in [3.8, 4) is 11.5 Å². The number of hydrogen-bond acceptors (Lipinski definition) is 7. The van der Waals surface area contributed by atoms with Crippen LogP contribution in [0.5, 0.6) is 11.5 Å². The van der Waals surface area contributed by atoms with Crippen LogP contribution in [0.3, 0.4) is 0 Å². The van der Waals surface area contributed by atoms with Gasteiger partial charge >= 0.3 is 0 Å². The molecule has 1 unspecified atom stereocenters. The summed E-state index contributed by atoms with van der Waals surface area (Å²) < 4.78 is 12.2. The number of methoxy groups -OCH3 is 2. The van der Waals surface area contributed by atoms with Crippen LogP contribution in [0.15, 0.2) is 63.4 Å². The van der Waals surface area contributed by atoms with Gasteiger partial charge in [0.1, 0.15) is 11.5 Å². The van der Waals surface area contributed by atoms with Gasteiger partial charge in [-0.2, -0.15) is 0 Å². The first-order chi connectivity index (χ1) is 16.0. The van der Waals surface area contributed by atoms with Crippen molar-refractivity contribution in [3.63, 3.8) is 0 Å². The fraction of sp³-hybridized carbons (Fsp3) is 0.292. The Morgan fingerprint density at radius 2 is 2.00 bits per heavy atom. The fourth-order valence-corrected chi connectivity index (χ4v) is 5.50. The molecule has 0 fully saturated rings. The third kappa shape index (κ3) is 5.36. The van der Waals surface area contributed by atoms with Crippen LogP contribution in [0.1, 0.15) is 18.2 Å². The van der Waals surface area contributed by atoms with E-state index in [1.807, 2.05) is 30.3 Å². The third-order valence-corrected chi connectivity index (χ3v) is 7.35. The molecule has 7 nitrogen and oxygen atoms in total. The number of benzene rings is 2. The average Bonchev–Trinajstić information content (AvgIpc) is 3.21. The summed E-state index contributed by atoms with van der Waals surface area (Å²) >= 11 is 2.84. The average molecular weight is 484 g/mol. The van der Waals surface area contributed by atoms with Crippen molar-refractivity contribution in [1.29, 1.82) is 0 Å². The van der Waals surface area contributed by atoms with Crippen molar-refractivity contribution < 1.29 is 14.3 Å². The predicted octanol–water partition coefficient (Wildman–Crippen LogP) is 4.08. The maximum Gasteiger partial charge on any atom is 0.268 e. The fourth-order valence-electron chi connectivity index (χ4n) is 3.57. The summed E-state index contributed by atoms with van der Waals surface area (Å²) in [4.78, 5) is 31.5. The molecule has 1 aliphatic heterocycles. The number of aromatic nitrogens is 2. The van der Waals surface area contributed by atoms with Gasteiger partial charge in [-0.1, -0.05) is 49.0 Å². The van der Waals surface area contributed by atoms with Gasteiger partial charge in [0.05, 0.1) is 42.8 Å². The second-order valence-corrected chi connectivity index (χ2v) is 9.97. The van der Waals surface area contributed by atoms with E-state index < -0.39 is 0 Å². The molecule has 1 aliphatic rings. The Hall–Kier alpha value is -2.91. The summed E-state index contributed by atoms with van der Waals surface area (Å²) in [6.07, 6.45) is 0.754. The molecule has 0 saturated heterocycles. The Morgan fingerprint density at radius 3 is 2.73 bits per heavy atom. The van der Waals surface area contributed by atoms with Gasteiger partial charge in [0.25, 0.3) is 5.56 Å². The molecule has 2 aromatic carbocycles. The predicted molar refractivity (Wildman–Crippen MR) is 132 cm³/mol. The van der Waals surface area contributed by atoms with Crippen molar-refractivity contribution in [2.45, 2.75) is 35.2 Å². The molecular weight excluding hydrogens is 458 g/mol. The Balaban J connectivity index is 1.55. The van der Waals surface area contributed by atoms with Gasteiger partial charge in [0.15, 0.2) is 5.16 Å². The number of rotatable bonds is 8. The van der Waals surface area contributed by atoms with Crippen LogP contribution >= 0.6 is 23.5 Å². The standard InChI is InChI=1S/C24H25N3O4S2/c1-15-11-19-22(33-15)23(29)27(13-16-7-5-4-6-8-16)24(26-19)32-14-21(28)25-18-10-9-17(30-2)12-20(18)31-3/h4-10,12,15H,11,13-14H2,1-3H3,(H,25,28). The van der Waals surface area contributed by atoms with E-state index in [9.17, 15) is 9.59 Å². The SMILES string of the molecule is COc1ccc(NC(=O)CSc2nc3c(c(=O)n2Cc2ccccc2)SC(C)C3)c(OC)c1. The lowest BCUT2D eigenvalue weighted by Crippen LogP contribution is -2.26. The van der Waals surface area contributed by atoms with Crippen LogP contribution in [0.25, 0.3) is 0 Å². The van der Waals surface area contributed by atoms with E-state index in [-0.39, 0.29) is 17.2 Å². The van der Waals surface area contributed by atoms with Crippen molar-refractivity contribution in [1.82, 2.24) is 9.55 Å². The van der Waals surface area contributed by atoms with E-state index >= 15 is 0 Å². The quantitative estimate of drug-likeness (QED) is 0.382. The van der Waals surface area contributed by atoms with Crippen LogP contribution in [0.2, 0.25) is 0 Å². The molecule has 3 aromatic rings. The minimum atomic E-state index is -0.216. The van der Waals surface area contributed by atoms with Crippen molar-refractivity contribution >= 4 is 35.1 Å². The molecule has 4 rings (SSSR count). The third-order valence-electron chi connectivity index (χ3n) is 5.16. The highest BCUT2D eigenvalue weighted by atomic mass is 32.2. The zero-order valence-corrected chi connectivity index (χ0v) is 20.3. The van der Waals surface area contributed by atoms with Crippen LogP contribution < -0.4 is 20.3 Å². The first-order valence-electron chi connectivity index (χ1n) is 10.5. The number of anilines is 1. The first-order valence-corrected chi connectivity index (χ1v) is 12.3. The second-order valence-electron chi connectivity index (χ2n) is 7.58. The summed E-state index contributed by atoms with van der Waals surface area (Å²) in [5, 5.41) is 3.73. The molecule has 1 aromatic heterocycles. The molecule has 0 saturated carbocycles. The van der Waals surface area contributed by atoms with Gasteiger partial charge in [0, 0.05) is 17.7 Å². The largest absolute Gasteiger partial charge is 0.497 e. The number of nitrogens with zero attached hydrogens (tertiary/aromatic N) is 2. The normalized spacial score (nSPS) is 14.6. The van der Waals surface area contributed by atoms with E-state index in [1.165, 1.54) is 18.9 Å². The lowest BCUT2D eigenvalue weighted by molar-refractivity contribution is -0.113. The molecule has 2 heterocycles. The number of carbonyl (C=O) groups excluding carboxylic acids is 1. The van der Waals surface area contributed by atoms with E-state index in [0.29, 0.717) is 34.1 Å². The molecule has 0 spiro atoms. The first kappa shape index (κ1) is 23.3. The minimum absolute atomic E-state index is 0.0436. The Labute approximate surface area is 200 Å². The molecule has 1 N–H and O–H groups in total. The van der Waals surface area contributed by atoms with Crippen molar-refractivity contribution in [3.05, 3.63) is 70.1 Å². The molecule has 1 atom stereocenters. The summed E-state index contributed by atoms with van der Waals surface area (Å²) in [6.45, 7) is 2.50. The van der Waals surface area contributed by atoms with Gasteiger partial charge in [-0.3, -0.25) is 14.2 Å². The monoisotopic (exact) mass is 483 g/mol. The van der Waals surface area contributed by atoms with Gasteiger partial charge in [-0.25, -0.2) is 4.98 Å². The lowest BCUT2D eigenvalue weighted by Gasteiger charge is -2.14. The van der Waals surface area contributed by atoms with E-state index in [1.54, 1.807) is 41.6 Å². The summed E-state index contributed by atoms with van der Waals surface area (Å²) in [7, 11) is 3.11. The van der Waals surface area contributed by atoms with Crippen LogP contribution in [-0.4, -0.2) is 40.7 Å². The smallest absolute Gasteiger partial charge is 0.268 e. The molecule has 33 heavy (non-hydrogen) atoms. The summed E-state index contributed by atoms with van der Waals surface area (Å²) in [5.74, 6) is 1.04. The molecular formula is C24H25N3O4S2. The van der Waals surface area contributed by atoms with Crippen molar-refractivity contribution in [2.24, 2.45) is 0 Å². The van der Waals surface area contributed by atoms with E-state index in [0.717, 1.165) is 22.6 Å². The number of amides is 1. The zero-order valence-electron chi connectivity index (χ0n) is 18.7. The Bertz CT molecular complexity index is 1210. The Morgan fingerprint density at radius 1 is 1.21 bits per heavy atom. The highest BCUT2D eigenvalue weighted by Crippen LogP contribution is 2.34. The van der Waals surface area contributed by atoms with Crippen LogP contribution in [0, 0.1) is 0 Å². The number of fused-ring (bicyclic) bond motifs is 1. The maximum atomic E-state index is 13.3. The number of thioether (sulfide) groups is 2. The van der Waals surface area contributed by atoms with Gasteiger partial charge in [0.2, 0.25) is 5.91 Å². The van der Waals surface area contributed by atoms with Crippen LogP contribution in [0.4, 0.5) is 5.69 Å². The highest BCUT2D eigenvalue weighted by molar-refractivity contribution is 8.00. The lowest BCUT2D eigenvalue weighted by atomic mass is 10.2. The molecule has 0 bridgehead atoms. The number of hydrogen-bond donors (Lipinski definition) is 1. The number of nitrogens with one attached hydrogen (secondary N) is 1. The Kier molecular flexibility index (Phi) is 7.29. The maximum absolute atomic E-state index is 13.3. The zero-order chi connectivity index (χ0) is 23.4. The molecule has 1 amide bonds. The van der Waals surface area contributed by atoms with Crippen molar-refractivity contribution in [2.75, 3.05) is 25.3 Å². The summed E-state index contributed by atoms with van der Waals surface area (Å²) in [6, 6.07) is 15.0. The van der Waals surface area contributed by atoms with Crippen LogP contribution in [-0.2, 0) is 17.8 Å². The number of ether oxygens (including phenoxy) is 2. The topological polar surface area (TPSA) is 82.5 Å². The molecule has 172 valence electrons. The second kappa shape index (κ2) is 10.4. The van der Waals surface area contributed by atoms with Gasteiger partial charge in [-0.15, -0.1) is 11.8 Å². The summed E-state index contributed by atoms with van der Waals surface area (Å²) in [5.41, 5.74) is 2.34. The minimum Gasteiger partial charge on any atom is -0.497 e. The molecule has 0 aliphatic carbocycles. The van der Waals surface area contributed by atoms with Gasteiger partial charge in [-0.05, 0) is 17.7 Å².